The molecule has 1 heterocycles. The highest BCUT2D eigenvalue weighted by Gasteiger charge is 2.39. The predicted molar refractivity (Wildman–Crippen MR) is 63.8 cm³/mol. The smallest absolute Gasteiger partial charge is 0.162 e. The Kier molecular flexibility index (Phi) is 2.51. The first-order valence-electron chi connectivity index (χ1n) is 4.25. The van der Waals surface area contributed by atoms with Gasteiger partial charge in [-0.15, -0.1) is 19.2 Å². The van der Waals surface area contributed by atoms with Crippen molar-refractivity contribution < 1.29 is 5.11 Å². The summed E-state index contributed by atoms with van der Waals surface area (Å²) < 4.78 is -0.689. The van der Waals surface area contributed by atoms with Crippen LogP contribution in [0.5, 0.6) is 0 Å². The first kappa shape index (κ1) is 9.96. The highest BCUT2D eigenvalue weighted by Crippen LogP contribution is 2.49. The molecule has 0 bridgehead atoms. The normalized spacial score (nSPS) is 26.4. The minimum Gasteiger partial charge on any atom is -0.385 e. The van der Waals surface area contributed by atoms with Gasteiger partial charge < -0.3 is 10.4 Å². The van der Waals surface area contributed by atoms with Crippen LogP contribution in [0.4, 0.5) is 5.69 Å². The van der Waals surface area contributed by atoms with Crippen molar-refractivity contribution in [2.45, 2.75) is 15.2 Å². The molecule has 0 spiro atoms. The Hall–Kier alpha value is -0.580. The summed E-state index contributed by atoms with van der Waals surface area (Å²) in [5.74, 6) is 0. The van der Waals surface area contributed by atoms with Gasteiger partial charge in [0.05, 0.1) is 0 Å². The molecule has 0 radical (unpaired) electrons. The van der Waals surface area contributed by atoms with Gasteiger partial charge in [0.15, 0.2) is 4.20 Å². The number of nitrogens with one attached hydrogen (secondary N) is 1. The van der Waals surface area contributed by atoms with Gasteiger partial charge in [-0.1, -0.05) is 30.0 Å². The van der Waals surface area contributed by atoms with E-state index in [1.807, 2.05) is 24.3 Å². The molecule has 2 N–H and O–H groups in total. The molecular formula is C10H11NOS2. The van der Waals surface area contributed by atoms with Gasteiger partial charge in [-0.2, -0.15) is 0 Å². The Morgan fingerprint density at radius 3 is 2.93 bits per heavy atom. The Balaban J connectivity index is 2.30. The topological polar surface area (TPSA) is 32.3 Å². The third kappa shape index (κ3) is 1.54. The van der Waals surface area contributed by atoms with Crippen molar-refractivity contribution in [3.05, 3.63) is 36.9 Å². The summed E-state index contributed by atoms with van der Waals surface area (Å²) in [6.07, 6.45) is 0.794. The lowest BCUT2D eigenvalue weighted by molar-refractivity contribution is 0.219. The second-order valence-corrected chi connectivity index (χ2v) is 5.40. The van der Waals surface area contributed by atoms with Crippen LogP contribution in [-0.2, 0) is 0 Å². The molecule has 1 aliphatic heterocycles. The van der Waals surface area contributed by atoms with E-state index in [4.69, 9.17) is 0 Å². The summed E-state index contributed by atoms with van der Waals surface area (Å²) in [6, 6.07) is 7.89. The van der Waals surface area contributed by atoms with Crippen LogP contribution < -0.4 is 5.32 Å². The number of thioether (sulfide) groups is 1. The van der Waals surface area contributed by atoms with Gasteiger partial charge in [0.1, 0.15) is 6.10 Å². The van der Waals surface area contributed by atoms with Crippen LogP contribution in [0.15, 0.2) is 41.8 Å². The van der Waals surface area contributed by atoms with E-state index < -0.39 is 10.3 Å². The summed E-state index contributed by atoms with van der Waals surface area (Å²) in [7, 11) is 0. The molecule has 2 atom stereocenters. The average molecular weight is 225 g/mol. The van der Waals surface area contributed by atoms with Crippen molar-refractivity contribution in [2.75, 3.05) is 5.32 Å². The molecule has 0 saturated carbocycles. The number of fused-ring (bicyclic) bond motifs is 1. The molecule has 4 heteroatoms. The van der Waals surface area contributed by atoms with Crippen molar-refractivity contribution >= 4 is 30.1 Å². The molecule has 0 aromatic heterocycles. The zero-order chi connectivity index (χ0) is 10.2. The lowest BCUT2D eigenvalue weighted by Crippen LogP contribution is -2.36. The second kappa shape index (κ2) is 3.53. The maximum absolute atomic E-state index is 9.71. The first-order valence-corrected chi connectivity index (χ1v) is 5.51. The highest BCUT2D eigenvalue weighted by atomic mass is 32.2. The number of thiol groups is 1. The van der Waals surface area contributed by atoms with Crippen LogP contribution in [-0.4, -0.2) is 15.4 Å². The molecule has 2 nitrogen and oxygen atoms in total. The highest BCUT2D eigenvalue weighted by molar-refractivity contribution is 8.12. The van der Waals surface area contributed by atoms with Crippen LogP contribution in [0.1, 0.15) is 0 Å². The average Bonchev–Trinajstić information content (AvgIpc) is 2.54. The monoisotopic (exact) mass is 225 g/mol. The van der Waals surface area contributed by atoms with E-state index >= 15 is 0 Å². The van der Waals surface area contributed by atoms with Gasteiger partial charge in [0, 0.05) is 10.6 Å². The number of aliphatic hydroxyl groups excluding tert-OH is 1. The lowest BCUT2D eigenvalue weighted by atomic mass is 10.3. The number of aliphatic hydroxyl groups is 1. The van der Waals surface area contributed by atoms with Crippen molar-refractivity contribution in [1.29, 1.82) is 0 Å². The van der Waals surface area contributed by atoms with E-state index in [0.717, 1.165) is 10.6 Å². The van der Waals surface area contributed by atoms with Gasteiger partial charge in [0.2, 0.25) is 0 Å². The number of hydrogen-bond acceptors (Lipinski definition) is 4. The first-order chi connectivity index (χ1) is 6.65. The van der Waals surface area contributed by atoms with Crippen LogP contribution in [0.2, 0.25) is 0 Å². The van der Waals surface area contributed by atoms with Crippen molar-refractivity contribution in [2.24, 2.45) is 0 Å². The summed E-state index contributed by atoms with van der Waals surface area (Å²) >= 11 is 5.93. The number of hydrogen-bond donors (Lipinski definition) is 3. The Morgan fingerprint density at radius 2 is 2.29 bits per heavy atom. The number of benzene rings is 1. The van der Waals surface area contributed by atoms with Gasteiger partial charge in [-0.05, 0) is 12.1 Å². The summed E-state index contributed by atoms with van der Waals surface area (Å²) in [4.78, 5) is 1.10. The molecule has 0 fully saturated rings. The van der Waals surface area contributed by atoms with Crippen molar-refractivity contribution in [3.63, 3.8) is 0 Å². The van der Waals surface area contributed by atoms with Gasteiger partial charge in [-0.3, -0.25) is 0 Å². The minimum atomic E-state index is -0.691. The molecular weight excluding hydrogens is 214 g/mol. The van der Waals surface area contributed by atoms with E-state index in [1.165, 1.54) is 17.8 Å². The van der Waals surface area contributed by atoms with E-state index in [-0.39, 0.29) is 0 Å². The molecule has 2 rings (SSSR count). The minimum absolute atomic E-state index is 0.689. The molecule has 0 saturated heterocycles. The molecule has 0 amide bonds. The summed E-state index contributed by atoms with van der Waals surface area (Å²) in [6.45, 7) is 3.56. The maximum Gasteiger partial charge on any atom is 0.162 e. The number of rotatable bonds is 2. The van der Waals surface area contributed by atoms with Crippen LogP contribution >= 0.6 is 24.4 Å². The number of anilines is 1. The summed E-state index contributed by atoms with van der Waals surface area (Å²) in [5.41, 5.74) is 1.01. The van der Waals surface area contributed by atoms with E-state index in [1.54, 1.807) is 0 Å². The Morgan fingerprint density at radius 1 is 1.57 bits per heavy atom. The third-order valence-electron chi connectivity index (χ3n) is 2.09. The van der Waals surface area contributed by atoms with Crippen LogP contribution in [0.25, 0.3) is 0 Å². The Labute approximate surface area is 92.8 Å². The molecule has 74 valence electrons. The predicted octanol–water partition coefficient (Wildman–Crippen LogP) is 2.33. The SMILES string of the molecule is C=C[C@H](O)C1(S)Nc2ccccc2S1. The zero-order valence-electron chi connectivity index (χ0n) is 7.47. The van der Waals surface area contributed by atoms with E-state index in [2.05, 4.69) is 24.5 Å². The summed E-state index contributed by atoms with van der Waals surface area (Å²) in [5, 5.41) is 12.9. The van der Waals surface area contributed by atoms with Gasteiger partial charge in [-0.25, -0.2) is 0 Å². The fraction of sp³-hybridized carbons (Fsp3) is 0.200. The third-order valence-corrected chi connectivity index (χ3v) is 3.97. The van der Waals surface area contributed by atoms with Crippen LogP contribution in [0, 0.1) is 0 Å². The largest absolute Gasteiger partial charge is 0.385 e. The Bertz CT molecular complexity index is 342. The quantitative estimate of drug-likeness (QED) is 0.533. The molecule has 14 heavy (non-hydrogen) atoms. The van der Waals surface area contributed by atoms with Crippen LogP contribution in [0.3, 0.4) is 0 Å². The molecule has 1 unspecified atom stereocenters. The maximum atomic E-state index is 9.71. The van der Waals surface area contributed by atoms with Gasteiger partial charge in [0.25, 0.3) is 0 Å². The molecule has 1 aliphatic rings. The fourth-order valence-electron chi connectivity index (χ4n) is 1.34. The molecule has 1 aromatic rings. The lowest BCUT2D eigenvalue weighted by Gasteiger charge is -2.26. The second-order valence-electron chi connectivity index (χ2n) is 3.10. The molecule has 1 aromatic carbocycles. The van der Waals surface area contributed by atoms with Crippen molar-refractivity contribution in [1.82, 2.24) is 0 Å². The van der Waals surface area contributed by atoms with Crippen molar-refractivity contribution in [3.8, 4) is 0 Å². The standard InChI is InChI=1S/C10H11NOS2/c1-2-9(12)10(13)11-7-5-3-4-6-8(7)14-10/h2-6,9,11-13H,1H2/t9-,10?/m0/s1. The fourth-order valence-corrected chi connectivity index (χ4v) is 2.95. The van der Waals surface area contributed by atoms with E-state index in [0.29, 0.717) is 0 Å². The van der Waals surface area contributed by atoms with E-state index in [9.17, 15) is 5.11 Å². The number of para-hydroxylation sites is 1. The van der Waals surface area contributed by atoms with Gasteiger partial charge >= 0.3 is 0 Å². The zero-order valence-corrected chi connectivity index (χ0v) is 9.18. The molecule has 0 aliphatic carbocycles.